The first-order valence-electron chi connectivity index (χ1n) is 7.18. The van der Waals surface area contributed by atoms with Gasteiger partial charge >= 0.3 is 5.97 Å². The molecule has 0 aromatic carbocycles. The minimum Gasteiger partial charge on any atom is -0.478 e. The molecule has 0 amide bonds. The summed E-state index contributed by atoms with van der Waals surface area (Å²) in [4.78, 5) is 15.6. The maximum absolute atomic E-state index is 11.1. The van der Waals surface area contributed by atoms with Crippen molar-refractivity contribution >= 4 is 11.8 Å². The van der Waals surface area contributed by atoms with Gasteiger partial charge in [0.05, 0.1) is 5.56 Å². The van der Waals surface area contributed by atoms with Crippen LogP contribution < -0.4 is 5.32 Å². The monoisotopic (exact) mass is 278 g/mol. The van der Waals surface area contributed by atoms with Crippen molar-refractivity contribution < 1.29 is 14.6 Å². The van der Waals surface area contributed by atoms with Crippen LogP contribution in [0.2, 0.25) is 0 Å². The van der Waals surface area contributed by atoms with Gasteiger partial charge in [0.1, 0.15) is 5.82 Å². The second-order valence-corrected chi connectivity index (χ2v) is 5.27. The van der Waals surface area contributed by atoms with E-state index in [0.717, 1.165) is 38.2 Å². The van der Waals surface area contributed by atoms with Crippen molar-refractivity contribution in [2.75, 3.05) is 18.5 Å². The van der Waals surface area contributed by atoms with Crippen LogP contribution in [-0.2, 0) is 11.2 Å². The van der Waals surface area contributed by atoms with Gasteiger partial charge in [0.25, 0.3) is 0 Å². The topological polar surface area (TPSA) is 71.5 Å². The molecule has 1 aromatic rings. The molecule has 5 nitrogen and oxygen atoms in total. The predicted molar refractivity (Wildman–Crippen MR) is 77.2 cm³/mol. The molecule has 0 spiro atoms. The molecule has 1 aliphatic rings. The zero-order valence-corrected chi connectivity index (χ0v) is 12.1. The number of carbonyl (C=O) groups is 1. The highest BCUT2D eigenvalue weighted by Crippen LogP contribution is 2.22. The standard InChI is InChI=1S/C15H22N2O3/c1-3-13-8-12(15(18)19)9-14(17-13)16-10(2)11-4-6-20-7-5-11/h8-11H,3-7H2,1-2H3,(H,16,17)(H,18,19). The van der Waals surface area contributed by atoms with Crippen molar-refractivity contribution in [2.45, 2.75) is 39.2 Å². The van der Waals surface area contributed by atoms with Crippen LogP contribution >= 0.6 is 0 Å². The first kappa shape index (κ1) is 14.8. The minimum absolute atomic E-state index is 0.264. The zero-order valence-electron chi connectivity index (χ0n) is 12.1. The second kappa shape index (κ2) is 6.70. The Labute approximate surface area is 119 Å². The summed E-state index contributed by atoms with van der Waals surface area (Å²) in [5, 5.41) is 12.5. The molecule has 0 radical (unpaired) electrons. The molecule has 1 aliphatic heterocycles. The molecule has 1 saturated heterocycles. The van der Waals surface area contributed by atoms with Crippen molar-refractivity contribution in [3.63, 3.8) is 0 Å². The van der Waals surface area contributed by atoms with Crippen LogP contribution in [0.25, 0.3) is 0 Å². The van der Waals surface area contributed by atoms with Gasteiger partial charge in [-0.25, -0.2) is 9.78 Å². The summed E-state index contributed by atoms with van der Waals surface area (Å²) >= 11 is 0. The van der Waals surface area contributed by atoms with Gasteiger partial charge in [0.15, 0.2) is 0 Å². The van der Waals surface area contributed by atoms with Crippen LogP contribution in [0.15, 0.2) is 12.1 Å². The van der Waals surface area contributed by atoms with Crippen molar-refractivity contribution in [3.8, 4) is 0 Å². The summed E-state index contributed by atoms with van der Waals surface area (Å²) in [6.45, 7) is 5.70. The van der Waals surface area contributed by atoms with E-state index in [4.69, 9.17) is 9.84 Å². The normalized spacial score (nSPS) is 17.7. The average molecular weight is 278 g/mol. The maximum Gasteiger partial charge on any atom is 0.335 e. The highest BCUT2D eigenvalue weighted by Gasteiger charge is 2.21. The van der Waals surface area contributed by atoms with Crippen LogP contribution in [0, 0.1) is 5.92 Å². The number of aromatic carboxylic acids is 1. The fourth-order valence-electron chi connectivity index (χ4n) is 2.53. The highest BCUT2D eigenvalue weighted by molar-refractivity contribution is 5.88. The van der Waals surface area contributed by atoms with Gasteiger partial charge in [-0.2, -0.15) is 0 Å². The summed E-state index contributed by atoms with van der Waals surface area (Å²) in [7, 11) is 0. The molecule has 20 heavy (non-hydrogen) atoms. The van der Waals surface area contributed by atoms with Gasteiger partial charge in [0.2, 0.25) is 0 Å². The van der Waals surface area contributed by atoms with E-state index in [1.807, 2.05) is 6.92 Å². The number of nitrogens with zero attached hydrogens (tertiary/aromatic N) is 1. The summed E-state index contributed by atoms with van der Waals surface area (Å²) < 4.78 is 5.37. The molecule has 2 rings (SSSR count). The summed E-state index contributed by atoms with van der Waals surface area (Å²) in [6.07, 6.45) is 2.79. The predicted octanol–water partition coefficient (Wildman–Crippen LogP) is 2.57. The zero-order chi connectivity index (χ0) is 14.5. The molecular formula is C15H22N2O3. The van der Waals surface area contributed by atoms with E-state index in [2.05, 4.69) is 17.2 Å². The number of ether oxygens (including phenoxy) is 1. The van der Waals surface area contributed by atoms with Crippen LogP contribution in [-0.4, -0.2) is 35.3 Å². The minimum atomic E-state index is -0.913. The fraction of sp³-hybridized carbons (Fsp3) is 0.600. The molecular weight excluding hydrogens is 256 g/mol. The Hall–Kier alpha value is -1.62. The maximum atomic E-state index is 11.1. The summed E-state index contributed by atoms with van der Waals surface area (Å²) in [6, 6.07) is 3.50. The number of aryl methyl sites for hydroxylation is 1. The van der Waals surface area contributed by atoms with Crippen molar-refractivity contribution in [2.24, 2.45) is 5.92 Å². The quantitative estimate of drug-likeness (QED) is 0.866. The van der Waals surface area contributed by atoms with Gasteiger partial charge in [-0.15, -0.1) is 0 Å². The molecule has 1 fully saturated rings. The van der Waals surface area contributed by atoms with E-state index in [-0.39, 0.29) is 6.04 Å². The molecule has 2 N–H and O–H groups in total. The van der Waals surface area contributed by atoms with Gasteiger partial charge in [-0.1, -0.05) is 6.92 Å². The van der Waals surface area contributed by atoms with Gasteiger partial charge in [0, 0.05) is 24.9 Å². The number of anilines is 1. The third-order valence-electron chi connectivity index (χ3n) is 3.84. The second-order valence-electron chi connectivity index (χ2n) is 5.27. The van der Waals surface area contributed by atoms with Crippen LogP contribution in [0.4, 0.5) is 5.82 Å². The Bertz CT molecular complexity index is 470. The number of hydrogen-bond acceptors (Lipinski definition) is 4. The average Bonchev–Trinajstić information content (AvgIpc) is 2.47. The number of nitrogens with one attached hydrogen (secondary N) is 1. The number of carboxylic acids is 1. The Morgan fingerprint density at radius 3 is 2.80 bits per heavy atom. The first-order valence-corrected chi connectivity index (χ1v) is 7.18. The van der Waals surface area contributed by atoms with E-state index < -0.39 is 5.97 Å². The Kier molecular flexibility index (Phi) is 4.95. The molecule has 5 heteroatoms. The molecule has 1 aromatic heterocycles. The lowest BCUT2D eigenvalue weighted by Crippen LogP contribution is -2.31. The van der Waals surface area contributed by atoms with Gasteiger partial charge < -0.3 is 15.2 Å². The third kappa shape index (κ3) is 3.70. The summed E-state index contributed by atoms with van der Waals surface area (Å²) in [5.74, 6) is 0.286. The van der Waals surface area contributed by atoms with Crippen LogP contribution in [0.3, 0.4) is 0 Å². The largest absolute Gasteiger partial charge is 0.478 e. The number of rotatable bonds is 5. The van der Waals surface area contributed by atoms with Crippen LogP contribution in [0.1, 0.15) is 42.7 Å². The lowest BCUT2D eigenvalue weighted by molar-refractivity contribution is 0.0622. The molecule has 1 unspecified atom stereocenters. The SMILES string of the molecule is CCc1cc(C(=O)O)cc(NC(C)C2CCOCC2)n1. The van der Waals surface area contributed by atoms with Crippen molar-refractivity contribution in [1.82, 2.24) is 4.98 Å². The lowest BCUT2D eigenvalue weighted by Gasteiger charge is -2.28. The number of pyridine rings is 1. The number of hydrogen-bond donors (Lipinski definition) is 2. The van der Waals surface area contributed by atoms with Gasteiger partial charge in [-0.05, 0) is 44.2 Å². The van der Waals surface area contributed by atoms with E-state index >= 15 is 0 Å². The molecule has 0 bridgehead atoms. The number of aromatic nitrogens is 1. The highest BCUT2D eigenvalue weighted by atomic mass is 16.5. The van der Waals surface area contributed by atoms with Gasteiger partial charge in [-0.3, -0.25) is 0 Å². The molecule has 110 valence electrons. The van der Waals surface area contributed by atoms with E-state index in [1.165, 1.54) is 0 Å². The van der Waals surface area contributed by atoms with Crippen LogP contribution in [0.5, 0.6) is 0 Å². The lowest BCUT2D eigenvalue weighted by atomic mass is 9.93. The fourth-order valence-corrected chi connectivity index (χ4v) is 2.53. The molecule has 0 aliphatic carbocycles. The summed E-state index contributed by atoms with van der Waals surface area (Å²) in [5.41, 5.74) is 1.09. The Balaban J connectivity index is 2.11. The smallest absolute Gasteiger partial charge is 0.335 e. The Morgan fingerprint density at radius 1 is 1.50 bits per heavy atom. The number of carboxylic acid groups (broad SMARTS) is 1. The molecule has 2 heterocycles. The van der Waals surface area contributed by atoms with E-state index in [0.29, 0.717) is 17.3 Å². The van der Waals surface area contributed by atoms with E-state index in [9.17, 15) is 4.79 Å². The Morgan fingerprint density at radius 2 is 2.20 bits per heavy atom. The molecule has 0 saturated carbocycles. The molecule has 1 atom stereocenters. The van der Waals surface area contributed by atoms with Crippen molar-refractivity contribution in [3.05, 3.63) is 23.4 Å². The van der Waals surface area contributed by atoms with E-state index in [1.54, 1.807) is 12.1 Å². The van der Waals surface area contributed by atoms with Crippen molar-refractivity contribution in [1.29, 1.82) is 0 Å². The first-order chi connectivity index (χ1) is 9.60. The third-order valence-corrected chi connectivity index (χ3v) is 3.84.